The number of thioether (sulfide) groups is 1. The van der Waals surface area contributed by atoms with E-state index in [1.165, 1.54) is 7.11 Å². The van der Waals surface area contributed by atoms with Crippen LogP contribution in [0.3, 0.4) is 0 Å². The number of esters is 1. The van der Waals surface area contributed by atoms with Crippen molar-refractivity contribution < 1.29 is 33.6 Å². The third kappa shape index (κ3) is 5.93. The minimum atomic E-state index is -0.773. The van der Waals surface area contributed by atoms with Gasteiger partial charge >= 0.3 is 5.97 Å². The minimum Gasteiger partial charge on any atom is -0.504 e. The number of hydrogen-bond acceptors (Lipinski definition) is 9. The van der Waals surface area contributed by atoms with E-state index in [0.29, 0.717) is 52.0 Å². The van der Waals surface area contributed by atoms with Crippen LogP contribution in [-0.4, -0.2) is 62.0 Å². The summed E-state index contributed by atoms with van der Waals surface area (Å²) in [5.41, 5.74) is 3.34. The fraction of sp³-hybridized carbons (Fsp3) is 0.433. The molecule has 0 aromatic heterocycles. The molecule has 1 aliphatic heterocycles. The summed E-state index contributed by atoms with van der Waals surface area (Å²) in [4.78, 5) is 32.0. The zero-order valence-corrected chi connectivity index (χ0v) is 23.8. The highest BCUT2D eigenvalue weighted by atomic mass is 32.2. The van der Waals surface area contributed by atoms with Crippen molar-refractivity contribution in [3.8, 4) is 23.0 Å². The molecule has 0 radical (unpaired) electrons. The number of hydrogen-bond donors (Lipinski definition) is 1. The van der Waals surface area contributed by atoms with E-state index in [4.69, 9.17) is 23.9 Å². The van der Waals surface area contributed by atoms with Crippen molar-refractivity contribution in [2.24, 2.45) is 10.9 Å². The van der Waals surface area contributed by atoms with Crippen molar-refractivity contribution in [1.82, 2.24) is 0 Å². The van der Waals surface area contributed by atoms with E-state index in [-0.39, 0.29) is 30.5 Å². The normalized spacial score (nSPS) is 20.7. The van der Waals surface area contributed by atoms with Gasteiger partial charge < -0.3 is 24.1 Å². The summed E-state index contributed by atoms with van der Waals surface area (Å²) < 4.78 is 21.7. The number of methoxy groups -OCH3 is 3. The van der Waals surface area contributed by atoms with Crippen LogP contribution < -0.4 is 14.2 Å². The van der Waals surface area contributed by atoms with Gasteiger partial charge in [-0.05, 0) is 60.4 Å². The number of aliphatic imine (C=N–C) groups is 1. The lowest BCUT2D eigenvalue weighted by Gasteiger charge is -2.36. The van der Waals surface area contributed by atoms with E-state index < -0.39 is 17.8 Å². The highest BCUT2D eigenvalue weighted by Gasteiger charge is 2.45. The second-order valence-corrected chi connectivity index (χ2v) is 10.9. The first-order valence-electron chi connectivity index (χ1n) is 13.0. The number of allylic oxidation sites excluding steroid dienone is 2. The maximum Gasteiger partial charge on any atom is 0.315 e. The summed E-state index contributed by atoms with van der Waals surface area (Å²) in [5.74, 6) is 1.09. The van der Waals surface area contributed by atoms with Crippen molar-refractivity contribution in [3.05, 3.63) is 58.8 Å². The molecule has 3 atom stereocenters. The number of carbonyl (C=O) groups excluding carboxylic acids is 2. The van der Waals surface area contributed by atoms with Crippen LogP contribution in [0.1, 0.15) is 49.7 Å². The Labute approximate surface area is 233 Å². The second kappa shape index (κ2) is 12.6. The molecule has 2 aliphatic rings. The van der Waals surface area contributed by atoms with E-state index in [1.807, 2.05) is 18.2 Å². The van der Waals surface area contributed by atoms with Crippen LogP contribution in [0.15, 0.2) is 52.7 Å². The van der Waals surface area contributed by atoms with Gasteiger partial charge in [-0.2, -0.15) is 11.8 Å². The average Bonchev–Trinajstić information content (AvgIpc) is 2.93. The maximum absolute atomic E-state index is 13.8. The molecule has 9 heteroatoms. The fourth-order valence-corrected chi connectivity index (χ4v) is 5.89. The smallest absolute Gasteiger partial charge is 0.315 e. The lowest BCUT2D eigenvalue weighted by atomic mass is 9.69. The number of rotatable bonds is 10. The maximum atomic E-state index is 13.8. The Hall–Kier alpha value is -3.46. The molecule has 39 heavy (non-hydrogen) atoms. The number of phenols is 1. The van der Waals surface area contributed by atoms with Gasteiger partial charge in [0.1, 0.15) is 12.5 Å². The predicted octanol–water partition coefficient (Wildman–Crippen LogP) is 5.29. The van der Waals surface area contributed by atoms with Crippen LogP contribution in [0.25, 0.3) is 0 Å². The Balaban J connectivity index is 1.74. The largest absolute Gasteiger partial charge is 0.504 e. The van der Waals surface area contributed by atoms with Gasteiger partial charge in [0.2, 0.25) is 0 Å². The Bertz CT molecular complexity index is 1300. The first-order valence-corrected chi connectivity index (χ1v) is 14.1. The number of Topliss-reactive ketones (excluding diaryl/α,β-unsaturated/α-hetero) is 1. The number of aromatic hydroxyl groups is 1. The number of carbonyl (C=O) groups is 2. The van der Waals surface area contributed by atoms with Gasteiger partial charge in [0.25, 0.3) is 0 Å². The van der Waals surface area contributed by atoms with Crippen LogP contribution in [0.2, 0.25) is 0 Å². The highest BCUT2D eigenvalue weighted by Crippen LogP contribution is 2.48. The molecule has 1 unspecified atom stereocenters. The first kappa shape index (κ1) is 28.5. The summed E-state index contributed by atoms with van der Waals surface area (Å²) in [6.45, 7) is 4.13. The van der Waals surface area contributed by atoms with Crippen LogP contribution in [0.4, 0.5) is 0 Å². The highest BCUT2D eigenvalue weighted by molar-refractivity contribution is 7.99. The van der Waals surface area contributed by atoms with E-state index in [2.05, 4.69) is 6.92 Å². The molecular formula is C30H35NO7S. The zero-order valence-electron chi connectivity index (χ0n) is 23.0. The molecule has 2 aromatic carbocycles. The van der Waals surface area contributed by atoms with Gasteiger partial charge in [0.15, 0.2) is 28.8 Å². The molecule has 0 amide bonds. The van der Waals surface area contributed by atoms with Gasteiger partial charge in [-0.15, -0.1) is 0 Å². The molecule has 0 bridgehead atoms. The lowest BCUT2D eigenvalue weighted by Crippen LogP contribution is -2.38. The summed E-state index contributed by atoms with van der Waals surface area (Å²) in [5, 5.41) is 10.6. The third-order valence-electron chi connectivity index (χ3n) is 7.26. The number of benzene rings is 2. The number of ketones is 1. The fourth-order valence-electron chi connectivity index (χ4n) is 5.40. The Morgan fingerprint density at radius 1 is 1.00 bits per heavy atom. The van der Waals surface area contributed by atoms with Gasteiger partial charge in [-0.25, -0.2) is 0 Å². The molecule has 208 valence electrons. The molecule has 8 nitrogen and oxygen atoms in total. The molecule has 1 N–H and O–H groups in total. The van der Waals surface area contributed by atoms with Crippen molar-refractivity contribution >= 4 is 29.2 Å². The van der Waals surface area contributed by atoms with E-state index in [1.54, 1.807) is 51.1 Å². The monoisotopic (exact) mass is 553 g/mol. The Morgan fingerprint density at radius 3 is 2.36 bits per heavy atom. The molecule has 2 aromatic rings. The van der Waals surface area contributed by atoms with Crippen molar-refractivity contribution in [2.45, 2.75) is 38.5 Å². The van der Waals surface area contributed by atoms with Crippen molar-refractivity contribution in [3.63, 3.8) is 0 Å². The summed E-state index contributed by atoms with van der Waals surface area (Å²) >= 11 is 1.69. The third-order valence-corrected chi connectivity index (χ3v) is 8.12. The van der Waals surface area contributed by atoms with Gasteiger partial charge in [0.05, 0.1) is 21.3 Å². The van der Waals surface area contributed by atoms with Crippen molar-refractivity contribution in [1.29, 1.82) is 0 Å². The van der Waals surface area contributed by atoms with Crippen LogP contribution >= 0.6 is 11.8 Å². The molecule has 4 rings (SSSR count). The Morgan fingerprint density at radius 2 is 1.69 bits per heavy atom. The number of nitrogens with zero attached hydrogens (tertiary/aromatic N) is 1. The molecule has 0 saturated carbocycles. The first-order chi connectivity index (χ1) is 18.8. The standard InChI is InChI=1S/C30H35NO7S/c1-6-39-12-11-38-30(34)27-17(2)31-21-13-20(18-7-10-25(36-4)26(16-18)37-5)15-23(33)29(21)28(27)19-8-9-24(35-3)22(32)14-19/h7-10,14,16,20,27-28,32H,6,11-13,15H2,1-5H3/t20-,27?,28-/m0/s1. The lowest BCUT2D eigenvalue weighted by molar-refractivity contribution is -0.145. The summed E-state index contributed by atoms with van der Waals surface area (Å²) in [7, 11) is 4.64. The van der Waals surface area contributed by atoms with Gasteiger partial charge in [-0.3, -0.25) is 14.6 Å². The molecule has 1 aliphatic carbocycles. The molecule has 0 saturated heterocycles. The molecule has 0 spiro atoms. The van der Waals surface area contributed by atoms with Crippen LogP contribution in [-0.2, 0) is 14.3 Å². The number of ether oxygens (including phenoxy) is 4. The SMILES string of the molecule is CCSCCOC(=O)C1C(C)=NC2=C(C(=O)C[C@@H](c3ccc(OC)c(OC)c3)C2)[C@H]1c1ccc(OC)c(O)c1. The molecule has 0 fully saturated rings. The van der Waals surface area contributed by atoms with Crippen molar-refractivity contribution in [2.75, 3.05) is 39.4 Å². The molecule has 1 heterocycles. The van der Waals surface area contributed by atoms with E-state index in [9.17, 15) is 14.7 Å². The van der Waals surface area contributed by atoms with Gasteiger partial charge in [0, 0.05) is 35.1 Å². The van der Waals surface area contributed by atoms with E-state index >= 15 is 0 Å². The zero-order chi connectivity index (χ0) is 28.1. The average molecular weight is 554 g/mol. The second-order valence-electron chi connectivity index (χ2n) is 9.51. The topological polar surface area (TPSA) is 104 Å². The van der Waals surface area contributed by atoms with Crippen LogP contribution in [0.5, 0.6) is 23.0 Å². The predicted molar refractivity (Wildman–Crippen MR) is 152 cm³/mol. The van der Waals surface area contributed by atoms with Crippen LogP contribution in [0, 0.1) is 5.92 Å². The molecular weight excluding hydrogens is 518 g/mol. The van der Waals surface area contributed by atoms with Gasteiger partial charge in [-0.1, -0.05) is 19.1 Å². The number of phenolic OH excluding ortho intramolecular Hbond substituents is 1. The Kier molecular flexibility index (Phi) is 9.22. The summed E-state index contributed by atoms with van der Waals surface area (Å²) in [6.07, 6.45) is 0.790. The minimum absolute atomic E-state index is 0.0600. The summed E-state index contributed by atoms with van der Waals surface area (Å²) in [6, 6.07) is 10.7. The van der Waals surface area contributed by atoms with E-state index in [0.717, 1.165) is 11.3 Å². The quantitative estimate of drug-likeness (QED) is 0.313.